The fraction of sp³-hybridized carbons (Fsp3) is 0.154. The highest BCUT2D eigenvalue weighted by Gasteiger charge is 2.14. The summed E-state index contributed by atoms with van der Waals surface area (Å²) in [4.78, 5) is 11.5. The van der Waals surface area contributed by atoms with Gasteiger partial charge in [0, 0.05) is 24.1 Å². The van der Waals surface area contributed by atoms with Crippen molar-refractivity contribution in [3.63, 3.8) is 0 Å². The van der Waals surface area contributed by atoms with Crippen LogP contribution in [0.1, 0.15) is 22.8 Å². The summed E-state index contributed by atoms with van der Waals surface area (Å²) >= 11 is 0. The standard InChI is InChI=1S/C13H11NO/c1-9(15)14-8-11-6-2-4-10-5-3-7-12(14)13(10)11/h2-3,5-8H,4H2,1H3. The van der Waals surface area contributed by atoms with E-state index in [2.05, 4.69) is 18.2 Å². The summed E-state index contributed by atoms with van der Waals surface area (Å²) in [5, 5.41) is 1.23. The Balaban J connectivity index is 2.48. The van der Waals surface area contributed by atoms with E-state index < -0.39 is 0 Å². The van der Waals surface area contributed by atoms with E-state index in [-0.39, 0.29) is 5.91 Å². The van der Waals surface area contributed by atoms with Crippen molar-refractivity contribution in [2.45, 2.75) is 13.3 Å². The van der Waals surface area contributed by atoms with Crippen LogP contribution in [0.4, 0.5) is 0 Å². The van der Waals surface area contributed by atoms with Crippen LogP contribution in [0.3, 0.4) is 0 Å². The van der Waals surface area contributed by atoms with Crippen LogP contribution < -0.4 is 0 Å². The maximum Gasteiger partial charge on any atom is 0.227 e. The molecule has 0 radical (unpaired) electrons. The largest absolute Gasteiger partial charge is 0.287 e. The van der Waals surface area contributed by atoms with Crippen molar-refractivity contribution in [1.82, 2.24) is 4.57 Å². The Morgan fingerprint density at radius 1 is 1.40 bits per heavy atom. The first-order valence-corrected chi connectivity index (χ1v) is 5.08. The molecule has 0 atom stereocenters. The van der Waals surface area contributed by atoms with E-state index >= 15 is 0 Å². The Morgan fingerprint density at radius 2 is 2.27 bits per heavy atom. The van der Waals surface area contributed by atoms with Crippen LogP contribution in [0.15, 0.2) is 30.5 Å². The highest BCUT2D eigenvalue weighted by atomic mass is 16.1. The summed E-state index contributed by atoms with van der Waals surface area (Å²) in [5.74, 6) is 0.0682. The van der Waals surface area contributed by atoms with Crippen LogP contribution >= 0.6 is 0 Å². The van der Waals surface area contributed by atoms with E-state index in [4.69, 9.17) is 0 Å². The number of benzene rings is 1. The molecule has 0 amide bonds. The molecule has 2 aromatic rings. The Bertz CT molecular complexity index is 590. The van der Waals surface area contributed by atoms with Crippen molar-refractivity contribution in [2.24, 2.45) is 0 Å². The number of aromatic nitrogens is 1. The molecule has 15 heavy (non-hydrogen) atoms. The van der Waals surface area contributed by atoms with Crippen LogP contribution in [0.5, 0.6) is 0 Å². The van der Waals surface area contributed by atoms with Crippen LogP contribution in [0, 0.1) is 0 Å². The zero-order valence-corrected chi connectivity index (χ0v) is 8.53. The second kappa shape index (κ2) is 2.83. The number of hydrogen-bond acceptors (Lipinski definition) is 1. The number of carbonyl (C=O) groups excluding carboxylic acids is 1. The third-order valence-electron chi connectivity index (χ3n) is 2.92. The molecule has 0 N–H and O–H groups in total. The third-order valence-corrected chi connectivity index (χ3v) is 2.92. The van der Waals surface area contributed by atoms with Crippen molar-refractivity contribution < 1.29 is 4.79 Å². The van der Waals surface area contributed by atoms with Gasteiger partial charge in [0.05, 0.1) is 5.52 Å². The predicted molar refractivity (Wildman–Crippen MR) is 61.0 cm³/mol. The summed E-state index contributed by atoms with van der Waals surface area (Å²) in [6, 6.07) is 6.14. The summed E-state index contributed by atoms with van der Waals surface area (Å²) in [6.45, 7) is 1.59. The SMILES string of the molecule is CC(=O)n1cc2c3c(cccc31)CC=C2. The molecule has 0 unspecified atom stereocenters. The average molecular weight is 197 g/mol. The van der Waals surface area contributed by atoms with Crippen LogP contribution in [0.2, 0.25) is 0 Å². The van der Waals surface area contributed by atoms with Crippen molar-refractivity contribution in [3.8, 4) is 0 Å². The van der Waals surface area contributed by atoms with E-state index in [0.717, 1.165) is 17.5 Å². The highest BCUT2D eigenvalue weighted by molar-refractivity contribution is 5.99. The number of nitrogens with zero attached hydrogens (tertiary/aromatic N) is 1. The van der Waals surface area contributed by atoms with Crippen LogP contribution in [-0.4, -0.2) is 10.5 Å². The Morgan fingerprint density at radius 3 is 3.07 bits per heavy atom. The molecule has 0 spiro atoms. The Kier molecular flexibility index (Phi) is 1.60. The summed E-state index contributed by atoms with van der Waals surface area (Å²) in [6.07, 6.45) is 7.12. The molecule has 2 nitrogen and oxygen atoms in total. The molecule has 0 fully saturated rings. The number of rotatable bonds is 0. The van der Waals surface area contributed by atoms with E-state index in [9.17, 15) is 4.79 Å². The zero-order chi connectivity index (χ0) is 10.4. The summed E-state index contributed by atoms with van der Waals surface area (Å²) in [7, 11) is 0. The number of allylic oxidation sites excluding steroid dienone is 1. The molecule has 0 aliphatic heterocycles. The smallest absolute Gasteiger partial charge is 0.227 e. The van der Waals surface area contributed by atoms with Gasteiger partial charge in [-0.1, -0.05) is 24.3 Å². The van der Waals surface area contributed by atoms with Gasteiger partial charge in [-0.25, -0.2) is 0 Å². The topological polar surface area (TPSA) is 22.0 Å². The van der Waals surface area contributed by atoms with Crippen molar-refractivity contribution >= 4 is 22.9 Å². The van der Waals surface area contributed by atoms with Crippen molar-refractivity contribution in [2.75, 3.05) is 0 Å². The third kappa shape index (κ3) is 1.08. The van der Waals surface area contributed by atoms with Gasteiger partial charge in [0.2, 0.25) is 5.91 Å². The predicted octanol–water partition coefficient (Wildman–Crippen LogP) is 2.87. The first kappa shape index (κ1) is 8.48. The normalized spacial score (nSPS) is 13.4. The van der Waals surface area contributed by atoms with E-state index in [1.165, 1.54) is 10.9 Å². The van der Waals surface area contributed by atoms with Crippen LogP contribution in [-0.2, 0) is 6.42 Å². The number of carbonyl (C=O) groups is 1. The summed E-state index contributed by atoms with van der Waals surface area (Å²) < 4.78 is 1.73. The maximum absolute atomic E-state index is 11.5. The fourth-order valence-electron chi connectivity index (χ4n) is 2.26. The molecular weight excluding hydrogens is 186 g/mol. The monoisotopic (exact) mass is 197 g/mol. The van der Waals surface area contributed by atoms with E-state index in [0.29, 0.717) is 0 Å². The molecule has 1 heterocycles. The van der Waals surface area contributed by atoms with Crippen LogP contribution in [0.25, 0.3) is 17.0 Å². The van der Waals surface area contributed by atoms with Crippen molar-refractivity contribution in [3.05, 3.63) is 41.6 Å². The molecule has 0 saturated carbocycles. The van der Waals surface area contributed by atoms with Gasteiger partial charge in [0.25, 0.3) is 0 Å². The quantitative estimate of drug-likeness (QED) is 0.636. The van der Waals surface area contributed by atoms with Gasteiger partial charge in [-0.2, -0.15) is 0 Å². The molecule has 1 aliphatic rings. The Labute approximate surface area is 87.8 Å². The van der Waals surface area contributed by atoms with Gasteiger partial charge in [-0.05, 0) is 18.1 Å². The van der Waals surface area contributed by atoms with E-state index in [1.807, 2.05) is 18.3 Å². The second-order valence-electron chi connectivity index (χ2n) is 3.89. The average Bonchev–Trinajstić information content (AvgIpc) is 2.61. The highest BCUT2D eigenvalue weighted by Crippen LogP contribution is 2.29. The lowest BCUT2D eigenvalue weighted by Gasteiger charge is -2.06. The Hall–Kier alpha value is -1.83. The molecule has 0 saturated heterocycles. The van der Waals surface area contributed by atoms with Gasteiger partial charge >= 0.3 is 0 Å². The molecule has 1 aromatic heterocycles. The van der Waals surface area contributed by atoms with Gasteiger partial charge in [0.15, 0.2) is 0 Å². The van der Waals surface area contributed by atoms with Gasteiger partial charge in [-0.15, -0.1) is 0 Å². The molecule has 3 rings (SSSR count). The lowest BCUT2D eigenvalue weighted by atomic mass is 9.99. The molecule has 2 heteroatoms. The second-order valence-corrected chi connectivity index (χ2v) is 3.89. The molecule has 1 aromatic carbocycles. The van der Waals surface area contributed by atoms with Crippen molar-refractivity contribution in [1.29, 1.82) is 0 Å². The first-order valence-electron chi connectivity index (χ1n) is 5.08. The molecule has 74 valence electrons. The van der Waals surface area contributed by atoms with E-state index in [1.54, 1.807) is 11.5 Å². The minimum absolute atomic E-state index is 0.0682. The minimum Gasteiger partial charge on any atom is -0.287 e. The van der Waals surface area contributed by atoms with Gasteiger partial charge < -0.3 is 0 Å². The maximum atomic E-state index is 11.5. The summed E-state index contributed by atoms with van der Waals surface area (Å²) in [5.41, 5.74) is 3.49. The zero-order valence-electron chi connectivity index (χ0n) is 8.53. The fourth-order valence-corrected chi connectivity index (χ4v) is 2.26. The molecular formula is C13H11NO. The lowest BCUT2D eigenvalue weighted by molar-refractivity contribution is 0.0941. The molecule has 1 aliphatic carbocycles. The van der Waals surface area contributed by atoms with Gasteiger partial charge in [0.1, 0.15) is 0 Å². The molecule has 0 bridgehead atoms. The lowest BCUT2D eigenvalue weighted by Crippen LogP contribution is -2.02. The first-order chi connectivity index (χ1) is 7.27. The minimum atomic E-state index is 0.0682. The number of hydrogen-bond donors (Lipinski definition) is 0. The van der Waals surface area contributed by atoms with Gasteiger partial charge in [-0.3, -0.25) is 9.36 Å².